The normalized spacial score (nSPS) is 22.3. The van der Waals surface area contributed by atoms with Gasteiger partial charge in [0, 0.05) is 43.1 Å². The second-order valence-electron chi connectivity index (χ2n) is 9.84. The van der Waals surface area contributed by atoms with Crippen LogP contribution in [0.2, 0.25) is 0 Å². The van der Waals surface area contributed by atoms with Crippen molar-refractivity contribution in [1.29, 1.82) is 0 Å². The third kappa shape index (κ3) is 6.29. The van der Waals surface area contributed by atoms with Gasteiger partial charge in [-0.05, 0) is 33.6 Å². The first-order valence-corrected chi connectivity index (χ1v) is 11.3. The van der Waals surface area contributed by atoms with E-state index >= 15 is 0 Å². The summed E-state index contributed by atoms with van der Waals surface area (Å²) in [5.41, 5.74) is -7.44. The van der Waals surface area contributed by atoms with E-state index in [1.54, 1.807) is 20.8 Å². The van der Waals surface area contributed by atoms with Crippen LogP contribution in [0, 0.1) is 0 Å². The maximum absolute atomic E-state index is 13.1. The smallest absolute Gasteiger partial charge is 0.430 e. The van der Waals surface area contributed by atoms with Crippen molar-refractivity contribution >= 4 is 12.0 Å². The Morgan fingerprint density at radius 2 is 1.64 bits per heavy atom. The Morgan fingerprint density at radius 1 is 1.11 bits per heavy atom. The van der Waals surface area contributed by atoms with E-state index in [4.69, 9.17) is 9.47 Å². The number of carbonyl (C=O) groups is 1. The Hall–Kier alpha value is -2.39. The van der Waals surface area contributed by atoms with Gasteiger partial charge in [-0.25, -0.2) is 14.8 Å². The summed E-state index contributed by atoms with van der Waals surface area (Å²) in [4.78, 5) is 21.5. The predicted octanol–water partition coefficient (Wildman–Crippen LogP) is 2.96. The van der Waals surface area contributed by atoms with Crippen molar-refractivity contribution in [2.75, 3.05) is 31.6 Å². The summed E-state index contributed by atoms with van der Waals surface area (Å²) in [5, 5.41) is 15.0. The van der Waals surface area contributed by atoms with E-state index in [1.807, 2.05) is 0 Å². The first-order valence-electron chi connectivity index (χ1n) is 11.3. The Labute approximate surface area is 203 Å². The molecule has 3 rings (SSSR count). The second-order valence-corrected chi connectivity index (χ2v) is 9.84. The van der Waals surface area contributed by atoms with E-state index in [2.05, 4.69) is 25.5 Å². The number of alkyl carbamates (subject to hydrolysis) is 1. The largest absolute Gasteiger partial charge is 0.444 e. The maximum Gasteiger partial charge on any atom is 0.430 e. The molecule has 3 N–H and O–H groups in total. The SMILES string of the molecule is CC(C)(C)OC(=O)NCC(CN1C2CCC1COC2)Nc1ncc(C(O)(C(F)(F)F)C(F)(F)F)cn1. The summed E-state index contributed by atoms with van der Waals surface area (Å²) in [6, 6.07) is -0.286. The van der Waals surface area contributed by atoms with Crippen LogP contribution in [0.5, 0.6) is 0 Å². The van der Waals surface area contributed by atoms with E-state index in [9.17, 15) is 36.2 Å². The molecule has 9 nitrogen and oxygen atoms in total. The topological polar surface area (TPSA) is 109 Å². The molecule has 0 aromatic carbocycles. The van der Waals surface area contributed by atoms with Crippen LogP contribution in [-0.2, 0) is 15.1 Å². The molecule has 1 amide bonds. The Kier molecular flexibility index (Phi) is 7.96. The number of ether oxygens (including phenoxy) is 2. The molecule has 3 atom stereocenters. The lowest BCUT2D eigenvalue weighted by Crippen LogP contribution is -2.54. The number of nitrogens with one attached hydrogen (secondary N) is 2. The summed E-state index contributed by atoms with van der Waals surface area (Å²) in [6.45, 7) is 6.49. The number of aromatic nitrogens is 2. The van der Waals surface area contributed by atoms with Gasteiger partial charge in [0.1, 0.15) is 5.60 Å². The first-order chi connectivity index (χ1) is 16.5. The first kappa shape index (κ1) is 28.2. The molecule has 0 radical (unpaired) electrons. The van der Waals surface area contributed by atoms with E-state index < -0.39 is 41.3 Å². The van der Waals surface area contributed by atoms with E-state index in [1.165, 1.54) is 0 Å². The molecule has 1 aromatic rings. The zero-order valence-corrected chi connectivity index (χ0v) is 19.9. The number of rotatable bonds is 7. The number of hydrogen-bond donors (Lipinski definition) is 3. The lowest BCUT2D eigenvalue weighted by atomic mass is 9.95. The second kappa shape index (κ2) is 10.2. The van der Waals surface area contributed by atoms with Crippen molar-refractivity contribution in [2.45, 2.75) is 75.3 Å². The highest BCUT2D eigenvalue weighted by Crippen LogP contribution is 2.49. The van der Waals surface area contributed by atoms with Crippen molar-refractivity contribution in [1.82, 2.24) is 20.2 Å². The Morgan fingerprint density at radius 3 is 2.11 bits per heavy atom. The zero-order chi connectivity index (χ0) is 26.9. The number of alkyl halides is 6. The van der Waals surface area contributed by atoms with E-state index in [0.29, 0.717) is 19.8 Å². The Balaban J connectivity index is 1.77. The molecule has 2 saturated heterocycles. The number of anilines is 1. The van der Waals surface area contributed by atoms with Crippen LogP contribution in [0.15, 0.2) is 12.4 Å². The summed E-state index contributed by atoms with van der Waals surface area (Å²) < 4.78 is 89.5. The molecule has 0 aliphatic carbocycles. The van der Waals surface area contributed by atoms with Crippen LogP contribution >= 0.6 is 0 Å². The lowest BCUT2D eigenvalue weighted by molar-refractivity contribution is -0.376. The van der Waals surface area contributed by atoms with E-state index in [0.717, 1.165) is 12.8 Å². The van der Waals surface area contributed by atoms with Crippen LogP contribution in [0.4, 0.5) is 37.1 Å². The average molecular weight is 529 g/mol. The number of morpholine rings is 1. The van der Waals surface area contributed by atoms with Crippen LogP contribution in [0.3, 0.4) is 0 Å². The monoisotopic (exact) mass is 529 g/mol. The van der Waals surface area contributed by atoms with Crippen LogP contribution < -0.4 is 10.6 Å². The number of aliphatic hydroxyl groups is 1. The van der Waals surface area contributed by atoms with Gasteiger partial charge in [-0.3, -0.25) is 4.90 Å². The molecule has 3 heterocycles. The summed E-state index contributed by atoms with van der Waals surface area (Å²) in [6.07, 6.45) is -10.4. The quantitative estimate of drug-likeness (QED) is 0.463. The summed E-state index contributed by atoms with van der Waals surface area (Å²) >= 11 is 0. The van der Waals surface area contributed by atoms with Crippen molar-refractivity contribution in [3.8, 4) is 0 Å². The van der Waals surface area contributed by atoms with Gasteiger partial charge in [0.2, 0.25) is 5.95 Å². The number of hydrogen-bond acceptors (Lipinski definition) is 8. The zero-order valence-electron chi connectivity index (χ0n) is 19.9. The lowest BCUT2D eigenvalue weighted by Gasteiger charge is -2.37. The van der Waals surface area contributed by atoms with Gasteiger partial charge in [-0.2, -0.15) is 26.3 Å². The molecule has 0 saturated carbocycles. The van der Waals surface area contributed by atoms with Gasteiger partial charge >= 0.3 is 18.4 Å². The molecule has 0 spiro atoms. The molecule has 204 valence electrons. The molecule has 2 fully saturated rings. The molecule has 3 unspecified atom stereocenters. The predicted molar refractivity (Wildman–Crippen MR) is 114 cm³/mol. The van der Waals surface area contributed by atoms with E-state index in [-0.39, 0.29) is 37.0 Å². The van der Waals surface area contributed by atoms with Gasteiger partial charge in [-0.15, -0.1) is 0 Å². The van der Waals surface area contributed by atoms with Gasteiger partial charge in [-0.1, -0.05) is 0 Å². The van der Waals surface area contributed by atoms with Crippen LogP contribution in [-0.4, -0.2) is 88.5 Å². The van der Waals surface area contributed by atoms with Crippen molar-refractivity contribution in [3.05, 3.63) is 18.0 Å². The number of fused-ring (bicyclic) bond motifs is 2. The molecule has 2 bridgehead atoms. The molecule has 2 aliphatic rings. The third-order valence-corrected chi connectivity index (χ3v) is 5.94. The minimum atomic E-state index is -6.04. The summed E-state index contributed by atoms with van der Waals surface area (Å²) in [5.74, 6) is -0.276. The van der Waals surface area contributed by atoms with Gasteiger partial charge < -0.3 is 25.2 Å². The average Bonchev–Trinajstić information content (AvgIpc) is 2.94. The maximum atomic E-state index is 13.1. The number of nitrogens with zero attached hydrogens (tertiary/aromatic N) is 3. The summed E-state index contributed by atoms with van der Waals surface area (Å²) in [7, 11) is 0. The highest BCUT2D eigenvalue weighted by molar-refractivity contribution is 5.67. The fraction of sp³-hybridized carbons (Fsp3) is 0.762. The van der Waals surface area contributed by atoms with Crippen molar-refractivity contribution < 1.29 is 45.7 Å². The number of carbonyl (C=O) groups excluding carboxylic acids is 1. The fourth-order valence-corrected chi connectivity index (χ4v) is 4.21. The molecule has 36 heavy (non-hydrogen) atoms. The fourth-order valence-electron chi connectivity index (χ4n) is 4.21. The van der Waals surface area contributed by atoms with Crippen LogP contribution in [0.25, 0.3) is 0 Å². The molecular formula is C21H29F6N5O4. The minimum Gasteiger partial charge on any atom is -0.444 e. The van der Waals surface area contributed by atoms with Gasteiger partial charge in [0.15, 0.2) is 0 Å². The van der Waals surface area contributed by atoms with Crippen LogP contribution in [0.1, 0.15) is 39.2 Å². The molecule has 15 heteroatoms. The highest BCUT2D eigenvalue weighted by atomic mass is 19.4. The minimum absolute atomic E-state index is 0.00582. The molecular weight excluding hydrogens is 500 g/mol. The highest BCUT2D eigenvalue weighted by Gasteiger charge is 2.71. The third-order valence-electron chi connectivity index (χ3n) is 5.94. The number of halogens is 6. The number of amides is 1. The molecule has 1 aromatic heterocycles. The Bertz CT molecular complexity index is 876. The van der Waals surface area contributed by atoms with Gasteiger partial charge in [0.05, 0.1) is 19.3 Å². The van der Waals surface area contributed by atoms with Crippen molar-refractivity contribution in [2.24, 2.45) is 0 Å². The standard InChI is InChI=1S/C21H29F6N5O4/c1-18(2,3)36-17(33)30-8-13(9-32-14-4-5-15(32)11-35-10-14)31-16-28-6-12(7-29-16)19(34,20(22,23)24)21(25,26)27/h6-7,13-15,34H,4-5,8-11H2,1-3H3,(H,30,33)(H,28,29,31). The molecule has 2 aliphatic heterocycles. The van der Waals surface area contributed by atoms with Gasteiger partial charge in [0.25, 0.3) is 5.60 Å². The van der Waals surface area contributed by atoms with Crippen molar-refractivity contribution in [3.63, 3.8) is 0 Å².